The molecule has 29 heavy (non-hydrogen) atoms. The third-order valence-corrected chi connectivity index (χ3v) is 6.22. The fourth-order valence-electron chi connectivity index (χ4n) is 3.71. The first-order chi connectivity index (χ1) is 13.9. The maximum absolute atomic E-state index is 10.3. The second-order valence-corrected chi connectivity index (χ2v) is 9.20. The molecule has 0 unspecified atom stereocenters. The van der Waals surface area contributed by atoms with Gasteiger partial charge in [-0.25, -0.2) is 0 Å². The molecule has 0 amide bonds. The van der Waals surface area contributed by atoms with Crippen LogP contribution < -0.4 is 0 Å². The molecular weight excluding hydrogens is 374 g/mol. The number of aliphatic hydroxyl groups excluding tert-OH is 1. The van der Waals surface area contributed by atoms with E-state index in [2.05, 4.69) is 83.1 Å². The first kappa shape index (κ1) is 21.6. The third kappa shape index (κ3) is 4.91. The van der Waals surface area contributed by atoms with Gasteiger partial charge in [0, 0.05) is 27.6 Å². The first-order valence-corrected chi connectivity index (χ1v) is 11.3. The number of nitrogens with zero attached hydrogens (tertiary/aromatic N) is 1. The lowest BCUT2D eigenvalue weighted by atomic mass is 9.88. The van der Waals surface area contributed by atoms with Crippen molar-refractivity contribution < 1.29 is 5.11 Å². The Morgan fingerprint density at radius 2 is 1.41 bits per heavy atom. The van der Waals surface area contributed by atoms with E-state index >= 15 is 0 Å². The van der Waals surface area contributed by atoms with Gasteiger partial charge in [-0.2, -0.15) is 0 Å². The summed E-state index contributed by atoms with van der Waals surface area (Å²) < 4.78 is 0. The predicted octanol–water partition coefficient (Wildman–Crippen LogP) is 7.09. The van der Waals surface area contributed by atoms with Gasteiger partial charge in [-0.05, 0) is 47.6 Å². The van der Waals surface area contributed by atoms with Crippen LogP contribution in [0.25, 0.3) is 11.1 Å². The van der Waals surface area contributed by atoms with Gasteiger partial charge in [-0.15, -0.1) is 11.8 Å². The number of rotatable bonds is 7. The Bertz CT molecular complexity index is 947. The van der Waals surface area contributed by atoms with Crippen LogP contribution in [0.5, 0.6) is 0 Å². The second kappa shape index (κ2) is 9.60. The quantitative estimate of drug-likeness (QED) is 0.426. The Hall–Kier alpha value is -2.10. The number of hydrogen-bond donors (Lipinski definition) is 1. The van der Waals surface area contributed by atoms with E-state index in [0.29, 0.717) is 5.92 Å². The third-order valence-electron chi connectivity index (χ3n) is 5.18. The van der Waals surface area contributed by atoms with Crippen LogP contribution in [-0.2, 0) is 12.4 Å². The van der Waals surface area contributed by atoms with Crippen molar-refractivity contribution in [1.29, 1.82) is 0 Å². The molecule has 3 aromatic rings. The van der Waals surface area contributed by atoms with E-state index in [4.69, 9.17) is 4.98 Å². The van der Waals surface area contributed by atoms with Crippen LogP contribution in [0.4, 0.5) is 0 Å². The van der Waals surface area contributed by atoms with Crippen molar-refractivity contribution in [3.05, 3.63) is 82.7 Å². The minimum Gasteiger partial charge on any atom is -0.392 e. The zero-order valence-corrected chi connectivity index (χ0v) is 18.9. The Morgan fingerprint density at radius 1 is 0.828 bits per heavy atom. The number of pyridine rings is 1. The first-order valence-electron chi connectivity index (χ1n) is 10.3. The Kier molecular flexibility index (Phi) is 7.15. The molecule has 0 aliphatic heterocycles. The molecule has 0 saturated heterocycles. The molecule has 0 aliphatic rings. The van der Waals surface area contributed by atoms with E-state index in [0.717, 1.165) is 33.8 Å². The molecule has 0 aliphatic carbocycles. The minimum atomic E-state index is 0.00527. The summed E-state index contributed by atoms with van der Waals surface area (Å²) in [5, 5.41) is 10.3. The van der Waals surface area contributed by atoms with Crippen molar-refractivity contribution in [2.75, 3.05) is 0 Å². The average molecular weight is 406 g/mol. The summed E-state index contributed by atoms with van der Waals surface area (Å²) in [6.07, 6.45) is 0. The number of hydrogen-bond acceptors (Lipinski definition) is 3. The summed E-state index contributed by atoms with van der Waals surface area (Å²) >= 11 is 1.83. The van der Waals surface area contributed by atoms with Crippen LogP contribution in [0.1, 0.15) is 67.6 Å². The molecule has 1 heterocycles. The van der Waals surface area contributed by atoms with Gasteiger partial charge in [0.15, 0.2) is 0 Å². The number of benzene rings is 2. The summed E-state index contributed by atoms with van der Waals surface area (Å²) in [4.78, 5) is 6.33. The summed E-state index contributed by atoms with van der Waals surface area (Å²) in [7, 11) is 0. The molecule has 0 saturated carbocycles. The summed E-state index contributed by atoms with van der Waals surface area (Å²) in [6, 6.07) is 19.1. The van der Waals surface area contributed by atoms with Crippen molar-refractivity contribution in [1.82, 2.24) is 4.98 Å². The molecule has 0 fully saturated rings. The van der Waals surface area contributed by atoms with Gasteiger partial charge >= 0.3 is 0 Å². The molecule has 1 N–H and O–H groups in total. The van der Waals surface area contributed by atoms with Gasteiger partial charge in [0.25, 0.3) is 0 Å². The largest absolute Gasteiger partial charge is 0.392 e. The van der Waals surface area contributed by atoms with E-state index in [1.165, 1.54) is 16.0 Å². The monoisotopic (exact) mass is 405 g/mol. The zero-order valence-electron chi connectivity index (χ0n) is 18.1. The predicted molar refractivity (Wildman–Crippen MR) is 125 cm³/mol. The van der Waals surface area contributed by atoms with Crippen LogP contribution in [0.2, 0.25) is 0 Å². The molecule has 2 nitrogen and oxygen atoms in total. The van der Waals surface area contributed by atoms with E-state index in [1.54, 1.807) is 0 Å². The Morgan fingerprint density at radius 3 is 1.97 bits per heavy atom. The lowest BCUT2D eigenvalue weighted by Gasteiger charge is -2.24. The van der Waals surface area contributed by atoms with Gasteiger partial charge in [0.2, 0.25) is 0 Å². The Balaban J connectivity index is 2.19. The lowest BCUT2D eigenvalue weighted by molar-refractivity contribution is 0.279. The highest BCUT2D eigenvalue weighted by atomic mass is 32.2. The van der Waals surface area contributed by atoms with Crippen LogP contribution >= 0.6 is 11.8 Å². The summed E-state index contributed by atoms with van der Waals surface area (Å²) in [6.45, 7) is 10.8. The van der Waals surface area contributed by atoms with Crippen molar-refractivity contribution in [3.63, 3.8) is 0 Å². The zero-order chi connectivity index (χ0) is 21.0. The van der Waals surface area contributed by atoms with Crippen LogP contribution in [0.3, 0.4) is 0 Å². The van der Waals surface area contributed by atoms with Crippen molar-refractivity contribution in [2.24, 2.45) is 0 Å². The number of aromatic nitrogens is 1. The molecule has 0 bridgehead atoms. The average Bonchev–Trinajstić information content (AvgIpc) is 2.72. The maximum atomic E-state index is 10.3. The molecule has 0 atom stereocenters. The van der Waals surface area contributed by atoms with E-state index in [9.17, 15) is 5.11 Å². The van der Waals surface area contributed by atoms with Crippen molar-refractivity contribution >= 4 is 11.8 Å². The van der Waals surface area contributed by atoms with Crippen molar-refractivity contribution in [3.8, 4) is 11.1 Å². The topological polar surface area (TPSA) is 33.1 Å². The lowest BCUT2D eigenvalue weighted by Crippen LogP contribution is -2.12. The van der Waals surface area contributed by atoms with Gasteiger partial charge in [-0.3, -0.25) is 4.98 Å². The summed E-state index contributed by atoms with van der Waals surface area (Å²) in [5.74, 6) is 1.41. The molecule has 0 spiro atoms. The molecule has 0 radical (unpaired) electrons. The molecule has 1 aromatic heterocycles. The Labute approximate surface area is 179 Å². The SMILES string of the molecule is Cc1ccc(SCc2c(C(C)C)nc(C(C)C)c(CO)c2-c2ccccc2)cc1. The highest BCUT2D eigenvalue weighted by Crippen LogP contribution is 2.39. The normalized spacial score (nSPS) is 11.4. The van der Waals surface area contributed by atoms with Crippen LogP contribution in [0.15, 0.2) is 59.5 Å². The van der Waals surface area contributed by atoms with E-state index in [-0.39, 0.29) is 12.5 Å². The molecular formula is C26H31NOS. The van der Waals surface area contributed by atoms with Crippen molar-refractivity contribution in [2.45, 2.75) is 63.7 Å². The van der Waals surface area contributed by atoms with E-state index < -0.39 is 0 Å². The smallest absolute Gasteiger partial charge is 0.0705 e. The number of aryl methyl sites for hydroxylation is 1. The van der Waals surface area contributed by atoms with Gasteiger partial charge in [0.1, 0.15) is 0 Å². The minimum absolute atomic E-state index is 0.00527. The molecule has 2 aromatic carbocycles. The molecule has 3 heteroatoms. The van der Waals surface area contributed by atoms with Gasteiger partial charge in [0.05, 0.1) is 6.61 Å². The van der Waals surface area contributed by atoms with Crippen LogP contribution in [-0.4, -0.2) is 10.1 Å². The molecule has 3 rings (SSSR count). The van der Waals surface area contributed by atoms with Gasteiger partial charge in [-0.1, -0.05) is 75.7 Å². The maximum Gasteiger partial charge on any atom is 0.0705 e. The fraction of sp³-hybridized carbons (Fsp3) is 0.346. The fourth-order valence-corrected chi connectivity index (χ4v) is 4.64. The summed E-state index contributed by atoms with van der Waals surface area (Å²) in [5.41, 5.74) is 7.95. The van der Waals surface area contributed by atoms with Gasteiger partial charge < -0.3 is 5.11 Å². The van der Waals surface area contributed by atoms with E-state index in [1.807, 2.05) is 17.8 Å². The highest BCUT2D eigenvalue weighted by Gasteiger charge is 2.23. The molecule has 152 valence electrons. The standard InChI is InChI=1S/C26H31NOS/c1-17(2)25-22(15-28)24(20-9-7-6-8-10-20)23(26(27-25)18(3)4)16-29-21-13-11-19(5)12-14-21/h6-14,17-18,28H,15-16H2,1-5H3. The number of thioether (sulfide) groups is 1. The number of aliphatic hydroxyl groups is 1. The highest BCUT2D eigenvalue weighted by molar-refractivity contribution is 7.98. The second-order valence-electron chi connectivity index (χ2n) is 8.15. The van der Waals surface area contributed by atoms with Crippen LogP contribution in [0, 0.1) is 6.92 Å².